The van der Waals surface area contributed by atoms with Crippen molar-refractivity contribution >= 4 is 18.0 Å². The molecule has 1 N–H and O–H groups in total. The number of ether oxygens (including phenoxy) is 1. The molecule has 0 radical (unpaired) electrons. The van der Waals surface area contributed by atoms with Gasteiger partial charge in [-0.3, -0.25) is 9.59 Å². The molecule has 7 nitrogen and oxygen atoms in total. The Balaban J connectivity index is 2.75. The van der Waals surface area contributed by atoms with Crippen molar-refractivity contribution in [1.29, 1.82) is 0 Å². The van der Waals surface area contributed by atoms with Gasteiger partial charge in [0.2, 0.25) is 0 Å². The fourth-order valence-electron chi connectivity index (χ4n) is 2.73. The quantitative estimate of drug-likeness (QED) is 0.744. The summed E-state index contributed by atoms with van der Waals surface area (Å²) in [6.07, 6.45) is 1.76. The van der Waals surface area contributed by atoms with Gasteiger partial charge in [-0.2, -0.15) is 0 Å². The van der Waals surface area contributed by atoms with Crippen LogP contribution in [0.25, 0.3) is 0 Å². The topological polar surface area (TPSA) is 87.2 Å². The molecule has 0 aromatic rings. The zero-order chi connectivity index (χ0) is 16.0. The van der Waals surface area contributed by atoms with Gasteiger partial charge >= 0.3 is 18.0 Å². The SMILES string of the molecule is CCCC1(C(=O)O)CCN(C(=O)N(CC)CC(=O)OC)C1. The molecule has 0 spiro atoms. The Bertz CT molecular complexity index is 412. The molecule has 0 aliphatic carbocycles. The van der Waals surface area contributed by atoms with E-state index >= 15 is 0 Å². The summed E-state index contributed by atoms with van der Waals surface area (Å²) in [5.41, 5.74) is -0.852. The summed E-state index contributed by atoms with van der Waals surface area (Å²) in [5, 5.41) is 9.45. The zero-order valence-electron chi connectivity index (χ0n) is 12.9. The largest absolute Gasteiger partial charge is 0.481 e. The van der Waals surface area contributed by atoms with E-state index in [0.29, 0.717) is 25.9 Å². The molecular formula is C14H24N2O5. The number of aliphatic carboxylic acids is 1. The van der Waals surface area contributed by atoms with Crippen LogP contribution in [-0.2, 0) is 14.3 Å². The Kier molecular flexibility index (Phi) is 5.99. The molecule has 21 heavy (non-hydrogen) atoms. The predicted molar refractivity (Wildman–Crippen MR) is 75.8 cm³/mol. The molecule has 0 aromatic carbocycles. The monoisotopic (exact) mass is 300 g/mol. The van der Waals surface area contributed by atoms with E-state index in [9.17, 15) is 19.5 Å². The summed E-state index contributed by atoms with van der Waals surface area (Å²) >= 11 is 0. The van der Waals surface area contributed by atoms with Crippen molar-refractivity contribution in [3.05, 3.63) is 0 Å². The lowest BCUT2D eigenvalue weighted by atomic mass is 9.83. The van der Waals surface area contributed by atoms with Crippen molar-refractivity contribution in [1.82, 2.24) is 9.80 Å². The fraction of sp³-hybridized carbons (Fsp3) is 0.786. The van der Waals surface area contributed by atoms with Gasteiger partial charge in [-0.15, -0.1) is 0 Å². The van der Waals surface area contributed by atoms with Gasteiger partial charge in [0, 0.05) is 19.6 Å². The minimum Gasteiger partial charge on any atom is -0.481 e. The number of hydrogen-bond donors (Lipinski definition) is 1. The fourth-order valence-corrected chi connectivity index (χ4v) is 2.73. The molecular weight excluding hydrogens is 276 g/mol. The Labute approximate surface area is 124 Å². The van der Waals surface area contributed by atoms with Crippen molar-refractivity contribution in [3.63, 3.8) is 0 Å². The van der Waals surface area contributed by atoms with Gasteiger partial charge in [0.05, 0.1) is 12.5 Å². The number of carboxylic acid groups (broad SMARTS) is 1. The molecule has 1 aliphatic heterocycles. The van der Waals surface area contributed by atoms with E-state index in [4.69, 9.17) is 0 Å². The molecule has 1 saturated heterocycles. The van der Waals surface area contributed by atoms with Gasteiger partial charge in [-0.05, 0) is 19.8 Å². The van der Waals surface area contributed by atoms with E-state index in [0.717, 1.165) is 6.42 Å². The summed E-state index contributed by atoms with van der Waals surface area (Å²) < 4.78 is 4.57. The molecule has 0 aromatic heterocycles. The summed E-state index contributed by atoms with van der Waals surface area (Å²) in [6.45, 7) is 4.57. The second-order valence-electron chi connectivity index (χ2n) is 5.38. The van der Waals surface area contributed by atoms with E-state index in [2.05, 4.69) is 4.74 Å². The van der Waals surface area contributed by atoms with Gasteiger partial charge in [0.1, 0.15) is 6.54 Å². The standard InChI is InChI=1S/C14H24N2O5/c1-4-6-14(12(18)19)7-8-16(10-14)13(20)15(5-2)9-11(17)21-3/h4-10H2,1-3H3,(H,18,19). The van der Waals surface area contributed by atoms with Gasteiger partial charge < -0.3 is 19.6 Å². The zero-order valence-corrected chi connectivity index (χ0v) is 12.9. The molecule has 1 aliphatic rings. The van der Waals surface area contributed by atoms with Gasteiger partial charge in [-0.25, -0.2) is 4.79 Å². The van der Waals surface area contributed by atoms with Crippen LogP contribution in [0.3, 0.4) is 0 Å². The molecule has 1 heterocycles. The van der Waals surface area contributed by atoms with Crippen LogP contribution in [0.1, 0.15) is 33.1 Å². The van der Waals surface area contributed by atoms with Crippen LogP contribution in [0.2, 0.25) is 0 Å². The van der Waals surface area contributed by atoms with Crippen LogP contribution >= 0.6 is 0 Å². The van der Waals surface area contributed by atoms with Crippen LogP contribution < -0.4 is 0 Å². The Morgan fingerprint density at radius 1 is 1.33 bits per heavy atom. The second kappa shape index (κ2) is 7.28. The lowest BCUT2D eigenvalue weighted by Crippen LogP contribution is -2.46. The molecule has 2 amide bonds. The number of carboxylic acids is 1. The Morgan fingerprint density at radius 3 is 2.48 bits per heavy atom. The van der Waals surface area contributed by atoms with Crippen molar-refractivity contribution < 1.29 is 24.2 Å². The van der Waals surface area contributed by atoms with E-state index in [1.54, 1.807) is 6.92 Å². The lowest BCUT2D eigenvalue weighted by molar-refractivity contribution is -0.148. The molecule has 0 bridgehead atoms. The highest BCUT2D eigenvalue weighted by atomic mass is 16.5. The van der Waals surface area contributed by atoms with Crippen LogP contribution in [0.4, 0.5) is 4.79 Å². The van der Waals surface area contributed by atoms with E-state index in [-0.39, 0.29) is 19.1 Å². The Morgan fingerprint density at radius 2 is 2.00 bits per heavy atom. The van der Waals surface area contributed by atoms with Crippen LogP contribution in [0.15, 0.2) is 0 Å². The summed E-state index contributed by atoms with van der Waals surface area (Å²) in [5.74, 6) is -1.34. The maximum absolute atomic E-state index is 12.4. The predicted octanol–water partition coefficient (Wildman–Crippen LogP) is 1.18. The normalized spacial score (nSPS) is 21.2. The molecule has 1 fully saturated rings. The summed E-state index contributed by atoms with van der Waals surface area (Å²) in [7, 11) is 1.27. The van der Waals surface area contributed by atoms with E-state index in [1.807, 2.05) is 6.92 Å². The second-order valence-corrected chi connectivity index (χ2v) is 5.38. The Hall–Kier alpha value is -1.79. The number of likely N-dealkylation sites (tertiary alicyclic amines) is 1. The van der Waals surface area contributed by atoms with Gasteiger partial charge in [0.15, 0.2) is 0 Å². The number of amides is 2. The molecule has 120 valence electrons. The molecule has 1 unspecified atom stereocenters. The number of urea groups is 1. The van der Waals surface area contributed by atoms with Crippen molar-refractivity contribution in [2.75, 3.05) is 33.3 Å². The number of carbonyl (C=O) groups excluding carboxylic acids is 2. The molecule has 7 heteroatoms. The number of hydrogen-bond acceptors (Lipinski definition) is 4. The highest BCUT2D eigenvalue weighted by molar-refractivity contribution is 5.83. The van der Waals surface area contributed by atoms with Crippen LogP contribution in [0.5, 0.6) is 0 Å². The van der Waals surface area contributed by atoms with Gasteiger partial charge in [0.25, 0.3) is 0 Å². The third kappa shape index (κ3) is 3.86. The first kappa shape index (κ1) is 17.3. The van der Waals surface area contributed by atoms with Crippen LogP contribution in [0, 0.1) is 5.41 Å². The number of methoxy groups -OCH3 is 1. The first-order valence-electron chi connectivity index (χ1n) is 7.24. The number of carbonyl (C=O) groups is 3. The van der Waals surface area contributed by atoms with E-state index in [1.165, 1.54) is 16.9 Å². The highest BCUT2D eigenvalue weighted by Gasteiger charge is 2.46. The lowest BCUT2D eigenvalue weighted by Gasteiger charge is -2.28. The maximum atomic E-state index is 12.4. The first-order valence-corrected chi connectivity index (χ1v) is 7.24. The summed E-state index contributed by atoms with van der Waals surface area (Å²) in [4.78, 5) is 38.1. The molecule has 1 atom stereocenters. The average molecular weight is 300 g/mol. The minimum atomic E-state index is -0.852. The van der Waals surface area contributed by atoms with Crippen molar-refractivity contribution in [2.24, 2.45) is 5.41 Å². The molecule has 0 saturated carbocycles. The van der Waals surface area contributed by atoms with Crippen molar-refractivity contribution in [3.8, 4) is 0 Å². The minimum absolute atomic E-state index is 0.115. The average Bonchev–Trinajstić information content (AvgIpc) is 2.89. The molecule has 1 rings (SSSR count). The number of esters is 1. The van der Waals surface area contributed by atoms with E-state index < -0.39 is 17.4 Å². The highest BCUT2D eigenvalue weighted by Crippen LogP contribution is 2.35. The smallest absolute Gasteiger partial charge is 0.325 e. The number of rotatable bonds is 6. The first-order chi connectivity index (χ1) is 9.90. The van der Waals surface area contributed by atoms with Crippen molar-refractivity contribution in [2.45, 2.75) is 33.1 Å². The third-order valence-electron chi connectivity index (χ3n) is 4.01. The summed E-state index contributed by atoms with van der Waals surface area (Å²) in [6, 6.07) is -0.304. The van der Waals surface area contributed by atoms with Crippen LogP contribution in [-0.4, -0.2) is 66.2 Å². The number of nitrogens with zero attached hydrogens (tertiary/aromatic N) is 2. The third-order valence-corrected chi connectivity index (χ3v) is 4.01. The maximum Gasteiger partial charge on any atom is 0.325 e. The number of likely N-dealkylation sites (N-methyl/N-ethyl adjacent to an activating group) is 1. The van der Waals surface area contributed by atoms with Gasteiger partial charge in [-0.1, -0.05) is 13.3 Å².